The van der Waals surface area contributed by atoms with Crippen LogP contribution in [0.15, 0.2) is 24.3 Å². The topological polar surface area (TPSA) is 88.3 Å². The number of rotatable bonds is 6. The lowest BCUT2D eigenvalue weighted by atomic mass is 10.3. The molecule has 1 heterocycles. The molecule has 0 atom stereocenters. The number of benzene rings is 1. The summed E-state index contributed by atoms with van der Waals surface area (Å²) < 4.78 is 1.49. The van der Waals surface area contributed by atoms with Crippen molar-refractivity contribution in [2.45, 2.75) is 19.9 Å². The molecule has 0 saturated carbocycles. The van der Waals surface area contributed by atoms with E-state index in [1.807, 2.05) is 31.2 Å². The zero-order chi connectivity index (χ0) is 14.5. The first-order valence-corrected chi connectivity index (χ1v) is 6.39. The normalized spacial score (nSPS) is 10.7. The molecule has 0 unspecified atom stereocenters. The monoisotopic (exact) mass is 276 g/mol. The Hall–Kier alpha value is -2.44. The van der Waals surface area contributed by atoms with Gasteiger partial charge >= 0.3 is 5.97 Å². The Labute approximate surface area is 115 Å². The first-order valence-electron chi connectivity index (χ1n) is 6.39. The van der Waals surface area contributed by atoms with Crippen LogP contribution < -0.4 is 0 Å². The molecule has 1 aromatic carbocycles. The van der Waals surface area contributed by atoms with E-state index in [0.717, 1.165) is 5.52 Å². The maximum atomic E-state index is 12.2. The summed E-state index contributed by atoms with van der Waals surface area (Å²) in [6.45, 7) is 2.01. The summed E-state index contributed by atoms with van der Waals surface area (Å²) in [5.41, 5.74) is 1.47. The average molecular weight is 276 g/mol. The van der Waals surface area contributed by atoms with E-state index in [-0.39, 0.29) is 19.0 Å². The van der Waals surface area contributed by atoms with Gasteiger partial charge in [-0.15, -0.1) is 5.10 Å². The molecule has 0 aliphatic carbocycles. The fourth-order valence-electron chi connectivity index (χ4n) is 1.99. The maximum absolute atomic E-state index is 12.2. The van der Waals surface area contributed by atoms with Crippen molar-refractivity contribution < 1.29 is 14.7 Å². The summed E-state index contributed by atoms with van der Waals surface area (Å²) in [5.74, 6) is -1.29. The first-order chi connectivity index (χ1) is 9.61. The third kappa shape index (κ3) is 3.11. The fourth-order valence-corrected chi connectivity index (χ4v) is 1.99. The third-order valence-electron chi connectivity index (χ3n) is 2.88. The number of aliphatic carboxylic acids is 1. The van der Waals surface area contributed by atoms with Gasteiger partial charge < -0.3 is 10.0 Å². The number of para-hydroxylation sites is 1. The van der Waals surface area contributed by atoms with Gasteiger partial charge in [-0.2, -0.15) is 0 Å². The van der Waals surface area contributed by atoms with Crippen molar-refractivity contribution in [1.29, 1.82) is 0 Å². The number of carboxylic acid groups (broad SMARTS) is 1. The van der Waals surface area contributed by atoms with Crippen molar-refractivity contribution in [1.82, 2.24) is 19.9 Å². The summed E-state index contributed by atoms with van der Waals surface area (Å²) in [6.07, 6.45) is 0.705. The van der Waals surface area contributed by atoms with Gasteiger partial charge in [-0.3, -0.25) is 9.59 Å². The highest BCUT2D eigenvalue weighted by Gasteiger charge is 2.17. The van der Waals surface area contributed by atoms with Crippen molar-refractivity contribution in [3.05, 3.63) is 24.3 Å². The molecule has 0 bridgehead atoms. The van der Waals surface area contributed by atoms with E-state index < -0.39 is 5.97 Å². The van der Waals surface area contributed by atoms with Gasteiger partial charge in [-0.1, -0.05) is 24.3 Å². The molecular formula is C13H16N4O3. The number of nitrogens with zero attached hydrogens (tertiary/aromatic N) is 4. The lowest BCUT2D eigenvalue weighted by Gasteiger charge is -2.19. The number of amides is 1. The molecule has 0 fully saturated rings. The van der Waals surface area contributed by atoms with E-state index in [2.05, 4.69) is 10.3 Å². The van der Waals surface area contributed by atoms with E-state index in [1.54, 1.807) is 0 Å². The molecule has 0 radical (unpaired) electrons. The summed E-state index contributed by atoms with van der Waals surface area (Å²) in [5, 5.41) is 16.7. The smallest absolute Gasteiger partial charge is 0.323 e. The van der Waals surface area contributed by atoms with Crippen LogP contribution in [-0.4, -0.2) is 50.0 Å². The molecule has 1 aromatic heterocycles. The van der Waals surface area contributed by atoms with Gasteiger partial charge in [-0.25, -0.2) is 4.68 Å². The van der Waals surface area contributed by atoms with Gasteiger partial charge in [0.2, 0.25) is 5.91 Å². The molecule has 20 heavy (non-hydrogen) atoms. The van der Waals surface area contributed by atoms with Crippen molar-refractivity contribution in [2.24, 2.45) is 0 Å². The van der Waals surface area contributed by atoms with E-state index >= 15 is 0 Å². The molecule has 2 rings (SSSR count). The van der Waals surface area contributed by atoms with Crippen molar-refractivity contribution in [2.75, 3.05) is 13.1 Å². The summed E-state index contributed by atoms with van der Waals surface area (Å²) in [7, 11) is 0. The van der Waals surface area contributed by atoms with Gasteiger partial charge in [-0.05, 0) is 18.6 Å². The predicted octanol–water partition coefficient (Wildman–Crippen LogP) is 0.754. The average Bonchev–Trinajstić information content (AvgIpc) is 2.81. The fraction of sp³-hybridized carbons (Fsp3) is 0.385. The Morgan fingerprint density at radius 2 is 2.10 bits per heavy atom. The lowest BCUT2D eigenvalue weighted by Crippen LogP contribution is -2.38. The number of hydrogen-bond donors (Lipinski definition) is 1. The molecule has 7 nitrogen and oxygen atoms in total. The maximum Gasteiger partial charge on any atom is 0.323 e. The van der Waals surface area contributed by atoms with Gasteiger partial charge in [0.05, 0.1) is 5.52 Å². The molecule has 2 aromatic rings. The second kappa shape index (κ2) is 6.14. The van der Waals surface area contributed by atoms with Crippen LogP contribution in [-0.2, 0) is 16.1 Å². The third-order valence-corrected chi connectivity index (χ3v) is 2.88. The molecular weight excluding hydrogens is 260 g/mol. The Balaban J connectivity index is 2.14. The molecule has 0 saturated heterocycles. The number of aromatic nitrogens is 3. The van der Waals surface area contributed by atoms with Gasteiger partial charge in [0.1, 0.15) is 18.6 Å². The number of fused-ring (bicyclic) bond motifs is 1. The lowest BCUT2D eigenvalue weighted by molar-refractivity contribution is -0.144. The van der Waals surface area contributed by atoms with E-state index in [0.29, 0.717) is 18.5 Å². The summed E-state index contributed by atoms with van der Waals surface area (Å²) in [4.78, 5) is 24.2. The second-order valence-electron chi connectivity index (χ2n) is 4.44. The molecule has 1 N–H and O–H groups in total. The highest BCUT2D eigenvalue weighted by atomic mass is 16.4. The largest absolute Gasteiger partial charge is 0.480 e. The van der Waals surface area contributed by atoms with Gasteiger partial charge in [0, 0.05) is 6.54 Å². The van der Waals surface area contributed by atoms with Crippen LogP contribution in [0.4, 0.5) is 0 Å². The predicted molar refractivity (Wildman–Crippen MR) is 72.0 cm³/mol. The van der Waals surface area contributed by atoms with Crippen LogP contribution in [0, 0.1) is 0 Å². The molecule has 0 aliphatic rings. The van der Waals surface area contributed by atoms with Gasteiger partial charge in [0.25, 0.3) is 0 Å². The van der Waals surface area contributed by atoms with Crippen molar-refractivity contribution in [3.8, 4) is 0 Å². The zero-order valence-electron chi connectivity index (χ0n) is 11.2. The minimum atomic E-state index is -1.02. The summed E-state index contributed by atoms with van der Waals surface area (Å²) >= 11 is 0. The highest BCUT2D eigenvalue weighted by molar-refractivity contribution is 5.83. The van der Waals surface area contributed by atoms with E-state index in [9.17, 15) is 9.59 Å². The minimum Gasteiger partial charge on any atom is -0.480 e. The first kappa shape index (κ1) is 14.0. The Morgan fingerprint density at radius 3 is 2.80 bits per heavy atom. The molecule has 0 spiro atoms. The Bertz CT molecular complexity index is 623. The minimum absolute atomic E-state index is 0.00616. The molecule has 106 valence electrons. The number of carboxylic acids is 1. The molecule has 1 amide bonds. The van der Waals surface area contributed by atoms with Gasteiger partial charge in [0.15, 0.2) is 0 Å². The quantitative estimate of drug-likeness (QED) is 0.841. The second-order valence-corrected chi connectivity index (χ2v) is 4.44. The van der Waals surface area contributed by atoms with Crippen LogP contribution in [0.1, 0.15) is 13.3 Å². The van der Waals surface area contributed by atoms with Crippen molar-refractivity contribution in [3.63, 3.8) is 0 Å². The standard InChI is InChI=1S/C13H16N4O3/c1-2-7-16(9-13(19)20)12(18)8-17-11-6-4-3-5-10(11)14-15-17/h3-6H,2,7-9H2,1H3,(H,19,20). The number of carbonyl (C=O) groups is 2. The van der Waals surface area contributed by atoms with E-state index in [1.165, 1.54) is 9.58 Å². The molecule has 7 heteroatoms. The van der Waals surface area contributed by atoms with Crippen LogP contribution in [0.25, 0.3) is 11.0 Å². The number of carbonyl (C=O) groups excluding carboxylic acids is 1. The SMILES string of the molecule is CCCN(CC(=O)O)C(=O)Cn1nnc2ccccc21. The van der Waals surface area contributed by atoms with E-state index in [4.69, 9.17) is 5.11 Å². The highest BCUT2D eigenvalue weighted by Crippen LogP contribution is 2.10. The molecule has 0 aliphatic heterocycles. The Morgan fingerprint density at radius 1 is 1.35 bits per heavy atom. The Kier molecular flexibility index (Phi) is 4.29. The van der Waals surface area contributed by atoms with Crippen LogP contribution in [0.2, 0.25) is 0 Å². The summed E-state index contributed by atoms with van der Waals surface area (Å²) in [6, 6.07) is 7.32. The number of hydrogen-bond acceptors (Lipinski definition) is 4. The van der Waals surface area contributed by atoms with Crippen LogP contribution in [0.5, 0.6) is 0 Å². The van der Waals surface area contributed by atoms with Crippen LogP contribution >= 0.6 is 0 Å². The van der Waals surface area contributed by atoms with Crippen LogP contribution in [0.3, 0.4) is 0 Å². The zero-order valence-corrected chi connectivity index (χ0v) is 11.2. The van der Waals surface area contributed by atoms with Crippen molar-refractivity contribution >= 4 is 22.9 Å².